The third-order valence-electron chi connectivity index (χ3n) is 4.82. The van der Waals surface area contributed by atoms with Crippen LogP contribution < -0.4 is 5.32 Å². The fourth-order valence-electron chi connectivity index (χ4n) is 3.57. The summed E-state index contributed by atoms with van der Waals surface area (Å²) in [5.74, 6) is -0.492. The Labute approximate surface area is 161 Å². The molecule has 3 rings (SSSR count). The number of rotatable bonds is 4. The summed E-state index contributed by atoms with van der Waals surface area (Å²) in [6.07, 6.45) is -1.66. The van der Waals surface area contributed by atoms with Crippen LogP contribution in [0.15, 0.2) is 42.5 Å². The number of benzene rings is 2. The molecule has 0 radical (unpaired) electrons. The predicted octanol–water partition coefficient (Wildman–Crippen LogP) is 5.31. The predicted molar refractivity (Wildman–Crippen MR) is 99.8 cm³/mol. The second-order valence-electron chi connectivity index (χ2n) is 6.76. The van der Waals surface area contributed by atoms with Crippen LogP contribution in [0.5, 0.6) is 0 Å². The smallest absolute Gasteiger partial charge is 0.324 e. The minimum atomic E-state index is -4.60. The van der Waals surface area contributed by atoms with Gasteiger partial charge in [0.1, 0.15) is 0 Å². The maximum absolute atomic E-state index is 13.2. The molecule has 7 heteroatoms. The zero-order valence-corrected chi connectivity index (χ0v) is 15.6. The highest BCUT2D eigenvalue weighted by Gasteiger charge is 2.34. The highest BCUT2D eigenvalue weighted by Crippen LogP contribution is 2.37. The summed E-state index contributed by atoms with van der Waals surface area (Å²) >= 11 is 5.67. The van der Waals surface area contributed by atoms with Crippen LogP contribution in [-0.2, 0) is 17.4 Å². The summed E-state index contributed by atoms with van der Waals surface area (Å²) in [6.45, 7) is -0.00107. The lowest BCUT2D eigenvalue weighted by atomic mass is 9.87. The van der Waals surface area contributed by atoms with Crippen molar-refractivity contribution in [1.82, 2.24) is 4.90 Å². The molecule has 0 fully saturated rings. The van der Waals surface area contributed by atoms with E-state index in [0.29, 0.717) is 0 Å². The number of amides is 1. The first kappa shape index (κ1) is 19.7. The summed E-state index contributed by atoms with van der Waals surface area (Å²) in [6, 6.07) is 11.5. The third kappa shape index (κ3) is 4.62. The van der Waals surface area contributed by atoms with Gasteiger partial charge in [0, 0.05) is 11.1 Å². The Kier molecular flexibility index (Phi) is 5.77. The number of aryl methyl sites for hydroxylation is 1. The van der Waals surface area contributed by atoms with Crippen molar-refractivity contribution in [3.8, 4) is 0 Å². The van der Waals surface area contributed by atoms with Crippen molar-refractivity contribution in [2.75, 3.05) is 18.9 Å². The van der Waals surface area contributed by atoms with Crippen molar-refractivity contribution in [2.24, 2.45) is 0 Å². The Morgan fingerprint density at radius 1 is 1.26 bits per heavy atom. The van der Waals surface area contributed by atoms with Gasteiger partial charge in [0.25, 0.3) is 0 Å². The lowest BCUT2D eigenvalue weighted by Crippen LogP contribution is -2.35. The number of alkyl halides is 3. The minimum Gasteiger partial charge on any atom is -0.324 e. The highest BCUT2D eigenvalue weighted by molar-refractivity contribution is 6.30. The fourth-order valence-corrected chi connectivity index (χ4v) is 3.74. The van der Waals surface area contributed by atoms with E-state index in [4.69, 9.17) is 11.6 Å². The van der Waals surface area contributed by atoms with E-state index in [0.717, 1.165) is 25.3 Å². The second-order valence-corrected chi connectivity index (χ2v) is 7.19. The van der Waals surface area contributed by atoms with Crippen molar-refractivity contribution in [2.45, 2.75) is 31.5 Å². The number of hydrogen-bond donors (Lipinski definition) is 1. The van der Waals surface area contributed by atoms with Gasteiger partial charge in [-0.15, -0.1) is 0 Å². The average molecular weight is 397 g/mol. The minimum absolute atomic E-state index is 0.00107. The molecule has 1 aliphatic carbocycles. The Morgan fingerprint density at radius 3 is 2.74 bits per heavy atom. The summed E-state index contributed by atoms with van der Waals surface area (Å²) in [5.41, 5.74) is 1.21. The Balaban J connectivity index is 1.72. The van der Waals surface area contributed by atoms with Crippen LogP contribution in [0.2, 0.25) is 5.02 Å². The van der Waals surface area contributed by atoms with E-state index in [-0.39, 0.29) is 23.3 Å². The molecule has 1 N–H and O–H groups in total. The van der Waals surface area contributed by atoms with Gasteiger partial charge in [-0.2, -0.15) is 13.2 Å². The van der Waals surface area contributed by atoms with E-state index in [2.05, 4.69) is 17.4 Å². The Hall–Kier alpha value is -2.05. The number of likely N-dealkylation sites (N-methyl/N-ethyl adjacent to an activating group) is 1. The number of anilines is 1. The molecule has 2 aromatic rings. The molecule has 0 spiro atoms. The molecule has 3 nitrogen and oxygen atoms in total. The topological polar surface area (TPSA) is 32.3 Å². The molecular weight excluding hydrogens is 377 g/mol. The lowest BCUT2D eigenvalue weighted by molar-refractivity contribution is -0.137. The molecule has 0 aliphatic heterocycles. The highest BCUT2D eigenvalue weighted by atomic mass is 35.5. The number of nitrogens with zero attached hydrogens (tertiary/aromatic N) is 1. The van der Waals surface area contributed by atoms with Crippen LogP contribution in [-0.4, -0.2) is 24.4 Å². The number of carbonyl (C=O) groups is 1. The molecule has 0 heterocycles. The summed E-state index contributed by atoms with van der Waals surface area (Å²) in [7, 11) is 1.82. The summed E-state index contributed by atoms with van der Waals surface area (Å²) in [5, 5.41) is 2.35. The van der Waals surface area contributed by atoms with Gasteiger partial charge < -0.3 is 5.32 Å². The normalized spacial score (nSPS) is 16.9. The Bertz CT molecular complexity index is 838. The molecule has 1 aliphatic rings. The van der Waals surface area contributed by atoms with Crippen molar-refractivity contribution < 1.29 is 18.0 Å². The van der Waals surface area contributed by atoms with Gasteiger partial charge in [-0.3, -0.25) is 9.69 Å². The zero-order valence-electron chi connectivity index (χ0n) is 14.8. The molecule has 0 unspecified atom stereocenters. The molecule has 27 heavy (non-hydrogen) atoms. The zero-order chi connectivity index (χ0) is 19.6. The quantitative estimate of drug-likeness (QED) is 0.759. The van der Waals surface area contributed by atoms with Gasteiger partial charge in [-0.1, -0.05) is 35.9 Å². The van der Waals surface area contributed by atoms with Gasteiger partial charge in [-0.25, -0.2) is 0 Å². The summed E-state index contributed by atoms with van der Waals surface area (Å²) < 4.78 is 39.5. The fraction of sp³-hybridized carbons (Fsp3) is 0.350. The summed E-state index contributed by atoms with van der Waals surface area (Å²) in [4.78, 5) is 14.3. The van der Waals surface area contributed by atoms with Crippen LogP contribution in [0, 0.1) is 0 Å². The van der Waals surface area contributed by atoms with Gasteiger partial charge in [0.2, 0.25) is 5.91 Å². The molecule has 2 aromatic carbocycles. The van der Waals surface area contributed by atoms with Crippen LogP contribution in [0.1, 0.15) is 35.6 Å². The van der Waals surface area contributed by atoms with E-state index in [1.54, 1.807) is 0 Å². The Morgan fingerprint density at radius 2 is 2.00 bits per heavy atom. The number of carbonyl (C=O) groups excluding carboxylic acids is 1. The second kappa shape index (κ2) is 7.90. The van der Waals surface area contributed by atoms with Crippen LogP contribution in [0.4, 0.5) is 18.9 Å². The molecule has 1 amide bonds. The lowest BCUT2D eigenvalue weighted by Gasteiger charge is -2.33. The van der Waals surface area contributed by atoms with Crippen LogP contribution in [0.25, 0.3) is 0 Å². The monoisotopic (exact) mass is 396 g/mol. The van der Waals surface area contributed by atoms with Crippen LogP contribution >= 0.6 is 11.6 Å². The number of nitrogens with one attached hydrogen (secondary N) is 1. The van der Waals surface area contributed by atoms with Gasteiger partial charge in [0.15, 0.2) is 0 Å². The van der Waals surface area contributed by atoms with Gasteiger partial charge in [0.05, 0.1) is 17.8 Å². The average Bonchev–Trinajstić information content (AvgIpc) is 2.61. The van der Waals surface area contributed by atoms with Crippen LogP contribution in [0.3, 0.4) is 0 Å². The van der Waals surface area contributed by atoms with E-state index in [9.17, 15) is 18.0 Å². The first-order valence-corrected chi connectivity index (χ1v) is 9.08. The molecule has 0 saturated heterocycles. The van der Waals surface area contributed by atoms with Crippen molar-refractivity contribution in [1.29, 1.82) is 0 Å². The van der Waals surface area contributed by atoms with Crippen molar-refractivity contribution in [3.63, 3.8) is 0 Å². The van der Waals surface area contributed by atoms with E-state index >= 15 is 0 Å². The van der Waals surface area contributed by atoms with E-state index in [1.807, 2.05) is 24.1 Å². The standard InChI is InChI=1S/C20H20ClF3N2O/c1-26(18-8-4-6-13-5-2-3-7-15(13)18)12-19(27)25-17-10-9-14(21)11-16(17)20(22,23)24/h2-3,5,7,9-11,18H,4,6,8,12H2,1H3,(H,25,27)/t18-/m1/s1. The molecular formula is C20H20ClF3N2O. The van der Waals surface area contributed by atoms with E-state index < -0.39 is 17.6 Å². The maximum atomic E-state index is 13.2. The molecule has 0 saturated carbocycles. The molecule has 0 bridgehead atoms. The SMILES string of the molecule is CN(CC(=O)Nc1ccc(Cl)cc1C(F)(F)F)[C@@H]1CCCc2ccccc21. The van der Waals surface area contributed by atoms with Crippen molar-refractivity contribution >= 4 is 23.2 Å². The number of hydrogen-bond acceptors (Lipinski definition) is 2. The van der Waals surface area contributed by atoms with Crippen molar-refractivity contribution in [3.05, 3.63) is 64.2 Å². The van der Waals surface area contributed by atoms with E-state index in [1.165, 1.54) is 23.3 Å². The molecule has 1 atom stereocenters. The van der Waals surface area contributed by atoms with Gasteiger partial charge >= 0.3 is 6.18 Å². The molecule has 0 aromatic heterocycles. The largest absolute Gasteiger partial charge is 0.418 e. The molecule has 144 valence electrons. The third-order valence-corrected chi connectivity index (χ3v) is 5.06. The van der Waals surface area contributed by atoms with Gasteiger partial charge in [-0.05, 0) is 55.6 Å². The maximum Gasteiger partial charge on any atom is 0.418 e. The first-order valence-electron chi connectivity index (χ1n) is 8.70. The number of fused-ring (bicyclic) bond motifs is 1. The number of halogens is 4. The first-order chi connectivity index (χ1) is 12.8.